The number of carboxylic acids is 1. The van der Waals surface area contributed by atoms with Gasteiger partial charge in [0.05, 0.1) is 5.92 Å². The van der Waals surface area contributed by atoms with Crippen molar-refractivity contribution in [2.75, 3.05) is 0 Å². The average Bonchev–Trinajstić information content (AvgIpc) is 3.39. The van der Waals surface area contributed by atoms with E-state index in [9.17, 15) is 9.59 Å². The number of Topliss-reactive ketones (excluding diaryl/α,β-unsaturated/α-hetero) is 1. The van der Waals surface area contributed by atoms with E-state index in [1.165, 1.54) is 17.5 Å². The van der Waals surface area contributed by atoms with E-state index in [1.54, 1.807) is 6.92 Å². The van der Waals surface area contributed by atoms with Gasteiger partial charge in [-0.25, -0.2) is 0 Å². The highest BCUT2D eigenvalue weighted by Gasteiger charge is 2.29. The zero-order valence-corrected chi connectivity index (χ0v) is 19.6. The van der Waals surface area contributed by atoms with Crippen LogP contribution in [0.4, 0.5) is 0 Å². The number of hydrogen-bond acceptors (Lipinski definition) is 4. The van der Waals surface area contributed by atoms with Gasteiger partial charge in [-0.1, -0.05) is 0 Å². The molecule has 2 aliphatic carbocycles. The Morgan fingerprint density at radius 3 is 1.69 bits per heavy atom. The Bertz CT molecular complexity index is 851. The average molecular weight is 437 g/mol. The number of rotatable bonds is 6. The van der Waals surface area contributed by atoms with E-state index in [2.05, 4.69) is 28.2 Å². The number of carboxylic acid groups (broad SMARTS) is 1. The van der Waals surface area contributed by atoms with Crippen molar-refractivity contribution in [3.8, 4) is 0 Å². The Morgan fingerprint density at radius 1 is 0.844 bits per heavy atom. The number of hydrogen-bond donors (Lipinski definition) is 1. The number of pyridine rings is 2. The van der Waals surface area contributed by atoms with Crippen LogP contribution in [-0.2, 0) is 22.4 Å². The number of carbonyl (C=O) groups excluding carboxylic acids is 1. The molecule has 4 atom stereocenters. The van der Waals surface area contributed by atoms with Gasteiger partial charge >= 0.3 is 5.97 Å². The maximum Gasteiger partial charge on any atom is 0.306 e. The van der Waals surface area contributed by atoms with E-state index < -0.39 is 5.97 Å². The van der Waals surface area contributed by atoms with Gasteiger partial charge in [0.2, 0.25) is 0 Å². The van der Waals surface area contributed by atoms with Gasteiger partial charge in [-0.2, -0.15) is 0 Å². The normalized spacial score (nSPS) is 24.6. The minimum absolute atomic E-state index is 0.118. The Kier molecular flexibility index (Phi) is 8.54. The number of aromatic nitrogens is 2. The van der Waals surface area contributed by atoms with Crippen LogP contribution in [0.15, 0.2) is 36.7 Å². The van der Waals surface area contributed by atoms with Gasteiger partial charge in [-0.05, 0) is 119 Å². The number of carbonyl (C=O) groups is 2. The van der Waals surface area contributed by atoms with Crippen molar-refractivity contribution >= 4 is 11.8 Å². The molecule has 0 unspecified atom stereocenters. The van der Waals surface area contributed by atoms with Crippen LogP contribution in [-0.4, -0.2) is 26.8 Å². The summed E-state index contributed by atoms with van der Waals surface area (Å²) in [7, 11) is 0. The highest BCUT2D eigenvalue weighted by molar-refractivity contribution is 5.78. The van der Waals surface area contributed by atoms with Crippen LogP contribution in [0.3, 0.4) is 0 Å². The van der Waals surface area contributed by atoms with Crippen molar-refractivity contribution in [3.05, 3.63) is 59.2 Å². The van der Waals surface area contributed by atoms with Crippen molar-refractivity contribution in [1.29, 1.82) is 0 Å². The lowest BCUT2D eigenvalue weighted by Gasteiger charge is -2.10. The molecule has 5 nitrogen and oxygen atoms in total. The maximum atomic E-state index is 11.3. The van der Waals surface area contributed by atoms with E-state index in [-0.39, 0.29) is 5.92 Å². The summed E-state index contributed by atoms with van der Waals surface area (Å²) < 4.78 is 0. The lowest BCUT2D eigenvalue weighted by molar-refractivity contribution is -0.141. The molecule has 2 aromatic heterocycles. The maximum absolute atomic E-state index is 11.3. The standard InChI is InChI=1S/C14H19NO.C13H17NO2/c1-10-7-13(5-6-15-10)8-12-3-4-14(9-12)11(2)16;1-9-6-11(4-5-14-9)7-10-2-3-12(8-10)13(15)16/h5-7,12,14H,3-4,8-9H2,1-2H3;4-6,10,12H,2-3,7-8H2,1H3,(H,15,16)/t12-,14+;10-,12+/m00/s1. The lowest BCUT2D eigenvalue weighted by Crippen LogP contribution is -2.10. The molecule has 0 aliphatic heterocycles. The fraction of sp³-hybridized carbons (Fsp3) is 0.556. The molecule has 0 saturated heterocycles. The molecule has 0 bridgehead atoms. The van der Waals surface area contributed by atoms with E-state index in [4.69, 9.17) is 5.11 Å². The first kappa shape index (κ1) is 24.1. The van der Waals surface area contributed by atoms with Crippen molar-refractivity contribution in [1.82, 2.24) is 9.97 Å². The highest BCUT2D eigenvalue weighted by atomic mass is 16.4. The smallest absolute Gasteiger partial charge is 0.306 e. The number of nitrogens with zero attached hydrogens (tertiary/aromatic N) is 2. The van der Waals surface area contributed by atoms with Gasteiger partial charge in [-0.15, -0.1) is 0 Å². The number of aliphatic carboxylic acids is 1. The molecule has 32 heavy (non-hydrogen) atoms. The Morgan fingerprint density at radius 2 is 1.31 bits per heavy atom. The van der Waals surface area contributed by atoms with Gasteiger partial charge in [0.25, 0.3) is 0 Å². The third-order valence-electron chi connectivity index (χ3n) is 6.98. The van der Waals surface area contributed by atoms with Crippen LogP contribution < -0.4 is 0 Å². The summed E-state index contributed by atoms with van der Waals surface area (Å²) >= 11 is 0. The molecule has 2 aromatic rings. The first-order valence-electron chi connectivity index (χ1n) is 11.9. The fourth-order valence-corrected chi connectivity index (χ4v) is 5.24. The fourth-order valence-electron chi connectivity index (χ4n) is 5.24. The largest absolute Gasteiger partial charge is 0.481 e. The summed E-state index contributed by atoms with van der Waals surface area (Å²) in [5.41, 5.74) is 4.76. The number of ketones is 1. The molecule has 2 aliphatic rings. The summed E-state index contributed by atoms with van der Waals surface area (Å²) in [5.74, 6) is 1.17. The first-order chi connectivity index (χ1) is 15.3. The van der Waals surface area contributed by atoms with E-state index in [0.717, 1.165) is 56.3 Å². The predicted octanol–water partition coefficient (Wildman–Crippen LogP) is 5.37. The summed E-state index contributed by atoms with van der Waals surface area (Å²) in [5, 5.41) is 8.93. The summed E-state index contributed by atoms with van der Waals surface area (Å²) in [6.45, 7) is 5.73. The Labute approximate surface area is 191 Å². The van der Waals surface area contributed by atoms with Crippen LogP contribution in [0.5, 0.6) is 0 Å². The second kappa shape index (κ2) is 11.3. The predicted molar refractivity (Wildman–Crippen MR) is 125 cm³/mol. The molecule has 172 valence electrons. The Hall–Kier alpha value is -2.56. The second-order valence-electron chi connectivity index (χ2n) is 9.72. The minimum Gasteiger partial charge on any atom is -0.481 e. The SMILES string of the molecule is CC(=O)[C@@H]1CC[C@@H](Cc2ccnc(C)c2)C1.Cc1cc(C[C@@H]2CC[C@@H](C(=O)O)C2)ccn1. The van der Waals surface area contributed by atoms with Gasteiger partial charge < -0.3 is 5.11 Å². The van der Waals surface area contributed by atoms with E-state index >= 15 is 0 Å². The van der Waals surface area contributed by atoms with Crippen LogP contribution in [0.25, 0.3) is 0 Å². The zero-order chi connectivity index (χ0) is 23.1. The molecule has 0 spiro atoms. The molecule has 0 radical (unpaired) electrons. The molecule has 2 heterocycles. The van der Waals surface area contributed by atoms with Gasteiger partial charge in [0.1, 0.15) is 5.78 Å². The summed E-state index contributed by atoms with van der Waals surface area (Å²) in [6.07, 6.45) is 11.9. The number of aryl methyl sites for hydroxylation is 2. The molecule has 1 N–H and O–H groups in total. The summed E-state index contributed by atoms with van der Waals surface area (Å²) in [4.78, 5) is 30.5. The second-order valence-corrected chi connectivity index (χ2v) is 9.72. The molecule has 2 saturated carbocycles. The minimum atomic E-state index is -0.631. The van der Waals surface area contributed by atoms with E-state index in [0.29, 0.717) is 23.5 Å². The lowest BCUT2D eigenvalue weighted by atomic mass is 9.96. The van der Waals surface area contributed by atoms with Gasteiger partial charge in [-0.3, -0.25) is 19.6 Å². The van der Waals surface area contributed by atoms with Gasteiger partial charge in [0, 0.05) is 29.7 Å². The third kappa shape index (κ3) is 7.25. The molecule has 5 heteroatoms. The van der Waals surface area contributed by atoms with Crippen molar-refractivity contribution in [2.45, 2.75) is 72.1 Å². The highest BCUT2D eigenvalue weighted by Crippen LogP contribution is 2.34. The molecule has 4 rings (SSSR count). The van der Waals surface area contributed by atoms with Crippen LogP contribution >= 0.6 is 0 Å². The van der Waals surface area contributed by atoms with Crippen molar-refractivity contribution < 1.29 is 14.7 Å². The third-order valence-corrected chi connectivity index (χ3v) is 6.98. The molecule has 0 amide bonds. The van der Waals surface area contributed by atoms with Crippen molar-refractivity contribution in [2.24, 2.45) is 23.7 Å². The first-order valence-corrected chi connectivity index (χ1v) is 11.9. The molecule has 2 fully saturated rings. The van der Waals surface area contributed by atoms with E-state index in [1.807, 2.05) is 32.3 Å². The van der Waals surface area contributed by atoms with Crippen molar-refractivity contribution in [3.63, 3.8) is 0 Å². The monoisotopic (exact) mass is 436 g/mol. The molecular formula is C27H36N2O3. The topological polar surface area (TPSA) is 80.2 Å². The quantitative estimate of drug-likeness (QED) is 0.658. The van der Waals surface area contributed by atoms with Crippen LogP contribution in [0.1, 0.15) is 68.0 Å². The Balaban J connectivity index is 0.000000181. The van der Waals surface area contributed by atoms with Crippen LogP contribution in [0.2, 0.25) is 0 Å². The molecular weight excluding hydrogens is 400 g/mol. The van der Waals surface area contributed by atoms with Gasteiger partial charge in [0.15, 0.2) is 0 Å². The summed E-state index contributed by atoms with van der Waals surface area (Å²) in [6, 6.07) is 8.37. The molecule has 0 aromatic carbocycles. The zero-order valence-electron chi connectivity index (χ0n) is 19.6. The van der Waals surface area contributed by atoms with Crippen LogP contribution in [0, 0.1) is 37.5 Å².